The third-order valence-corrected chi connectivity index (χ3v) is 3.74. The number of carbonyl (C=O) groups is 1. The van der Waals surface area contributed by atoms with Crippen LogP contribution in [0.5, 0.6) is 0 Å². The molecule has 0 fully saturated rings. The lowest BCUT2D eigenvalue weighted by molar-refractivity contribution is 0.0940. The summed E-state index contributed by atoms with van der Waals surface area (Å²) in [6.07, 6.45) is 0. The van der Waals surface area contributed by atoms with E-state index in [1.807, 2.05) is 30.3 Å². The Morgan fingerprint density at radius 2 is 1.95 bits per heavy atom. The Labute approximate surface area is 126 Å². The van der Waals surface area contributed by atoms with Gasteiger partial charge in [0.15, 0.2) is 0 Å². The minimum Gasteiger partial charge on any atom is -0.344 e. The van der Waals surface area contributed by atoms with Crippen LogP contribution in [0.4, 0.5) is 4.39 Å². The van der Waals surface area contributed by atoms with Crippen molar-refractivity contribution in [3.8, 4) is 0 Å². The highest BCUT2D eigenvalue weighted by Crippen LogP contribution is 2.17. The molecule has 4 heteroatoms. The van der Waals surface area contributed by atoms with Gasteiger partial charge in [-0.3, -0.25) is 4.79 Å². The van der Waals surface area contributed by atoms with Gasteiger partial charge in [0.05, 0.1) is 6.04 Å². The van der Waals surface area contributed by atoms with E-state index in [4.69, 9.17) is 0 Å². The SMILES string of the molecule is Cc1cc(F)ccc1C(=O)NC(CBr)c1ccccc1. The predicted molar refractivity (Wildman–Crippen MR) is 81.6 cm³/mol. The molecule has 0 aliphatic heterocycles. The van der Waals surface area contributed by atoms with Crippen LogP contribution in [0.15, 0.2) is 48.5 Å². The van der Waals surface area contributed by atoms with Gasteiger partial charge in [0.25, 0.3) is 5.91 Å². The van der Waals surface area contributed by atoms with Crippen LogP contribution in [-0.4, -0.2) is 11.2 Å². The van der Waals surface area contributed by atoms with Gasteiger partial charge in [-0.05, 0) is 36.2 Å². The van der Waals surface area contributed by atoms with Crippen molar-refractivity contribution in [2.45, 2.75) is 13.0 Å². The Hall–Kier alpha value is -1.68. The summed E-state index contributed by atoms with van der Waals surface area (Å²) >= 11 is 3.41. The van der Waals surface area contributed by atoms with Crippen molar-refractivity contribution in [3.63, 3.8) is 0 Å². The summed E-state index contributed by atoms with van der Waals surface area (Å²) in [5.74, 6) is -0.532. The molecule has 20 heavy (non-hydrogen) atoms. The van der Waals surface area contributed by atoms with E-state index in [2.05, 4.69) is 21.2 Å². The van der Waals surface area contributed by atoms with E-state index in [0.717, 1.165) is 5.56 Å². The Balaban J connectivity index is 2.17. The van der Waals surface area contributed by atoms with E-state index in [1.54, 1.807) is 6.92 Å². The zero-order valence-electron chi connectivity index (χ0n) is 11.1. The monoisotopic (exact) mass is 335 g/mol. The van der Waals surface area contributed by atoms with E-state index in [9.17, 15) is 9.18 Å². The smallest absolute Gasteiger partial charge is 0.252 e. The molecule has 1 N–H and O–H groups in total. The van der Waals surface area contributed by atoms with E-state index in [-0.39, 0.29) is 17.8 Å². The molecule has 0 saturated carbocycles. The number of rotatable bonds is 4. The van der Waals surface area contributed by atoms with Crippen LogP contribution in [-0.2, 0) is 0 Å². The fourth-order valence-electron chi connectivity index (χ4n) is 2.01. The lowest BCUT2D eigenvalue weighted by Gasteiger charge is -2.17. The van der Waals surface area contributed by atoms with Gasteiger partial charge in [0.2, 0.25) is 0 Å². The standard InChI is InChI=1S/C16H15BrFNO/c1-11-9-13(18)7-8-14(11)16(20)19-15(10-17)12-5-3-2-4-6-12/h2-9,15H,10H2,1H3,(H,19,20). The second kappa shape index (κ2) is 6.66. The highest BCUT2D eigenvalue weighted by molar-refractivity contribution is 9.09. The number of benzene rings is 2. The number of halogens is 2. The molecule has 2 aromatic carbocycles. The Morgan fingerprint density at radius 3 is 2.55 bits per heavy atom. The molecule has 1 unspecified atom stereocenters. The first-order chi connectivity index (χ1) is 9.61. The molecule has 0 saturated heterocycles. The van der Waals surface area contributed by atoms with E-state index in [1.165, 1.54) is 18.2 Å². The Bertz CT molecular complexity index is 601. The van der Waals surface area contributed by atoms with Crippen molar-refractivity contribution in [1.29, 1.82) is 0 Å². The highest BCUT2D eigenvalue weighted by Gasteiger charge is 2.16. The Morgan fingerprint density at radius 1 is 1.25 bits per heavy atom. The van der Waals surface area contributed by atoms with Crippen LogP contribution in [0, 0.1) is 12.7 Å². The van der Waals surface area contributed by atoms with Crippen molar-refractivity contribution < 1.29 is 9.18 Å². The average Bonchev–Trinajstić information content (AvgIpc) is 2.45. The first-order valence-electron chi connectivity index (χ1n) is 6.29. The van der Waals surface area contributed by atoms with Gasteiger partial charge < -0.3 is 5.32 Å². The van der Waals surface area contributed by atoms with Gasteiger partial charge >= 0.3 is 0 Å². The second-order valence-electron chi connectivity index (χ2n) is 4.55. The third-order valence-electron chi connectivity index (χ3n) is 3.09. The first-order valence-corrected chi connectivity index (χ1v) is 7.42. The Kier molecular flexibility index (Phi) is 4.90. The molecule has 1 atom stereocenters. The zero-order valence-corrected chi connectivity index (χ0v) is 12.7. The van der Waals surface area contributed by atoms with Crippen molar-refractivity contribution >= 4 is 21.8 Å². The molecule has 0 aliphatic rings. The minimum atomic E-state index is -0.334. The van der Waals surface area contributed by atoms with Gasteiger partial charge in [0, 0.05) is 10.9 Å². The van der Waals surface area contributed by atoms with E-state index < -0.39 is 0 Å². The summed E-state index contributed by atoms with van der Waals surface area (Å²) < 4.78 is 13.1. The topological polar surface area (TPSA) is 29.1 Å². The molecule has 104 valence electrons. The summed E-state index contributed by atoms with van der Waals surface area (Å²) in [5.41, 5.74) is 2.15. The summed E-state index contributed by atoms with van der Waals surface area (Å²) in [6, 6.07) is 13.8. The molecule has 0 bridgehead atoms. The molecular weight excluding hydrogens is 321 g/mol. The highest BCUT2D eigenvalue weighted by atomic mass is 79.9. The maximum Gasteiger partial charge on any atom is 0.252 e. The number of nitrogens with one attached hydrogen (secondary N) is 1. The second-order valence-corrected chi connectivity index (χ2v) is 5.20. The fraction of sp³-hybridized carbons (Fsp3) is 0.188. The van der Waals surface area contributed by atoms with Gasteiger partial charge in [0.1, 0.15) is 5.82 Å². The maximum absolute atomic E-state index is 13.1. The first kappa shape index (κ1) is 14.7. The van der Waals surface area contributed by atoms with Crippen LogP contribution in [0.3, 0.4) is 0 Å². The number of aryl methyl sites for hydroxylation is 1. The molecule has 0 radical (unpaired) electrons. The lowest BCUT2D eigenvalue weighted by atomic mass is 10.1. The van der Waals surface area contributed by atoms with Crippen LogP contribution in [0.25, 0.3) is 0 Å². The van der Waals surface area contributed by atoms with Crippen LogP contribution in [0.1, 0.15) is 27.5 Å². The largest absolute Gasteiger partial charge is 0.344 e. The van der Waals surface area contributed by atoms with Gasteiger partial charge in [-0.15, -0.1) is 0 Å². The van der Waals surface area contributed by atoms with Crippen LogP contribution < -0.4 is 5.32 Å². The molecule has 2 aromatic rings. The molecule has 2 rings (SSSR count). The third kappa shape index (κ3) is 3.45. The molecule has 0 aromatic heterocycles. The number of hydrogen-bond acceptors (Lipinski definition) is 1. The number of carbonyl (C=O) groups excluding carboxylic acids is 1. The molecule has 0 spiro atoms. The summed E-state index contributed by atoms with van der Waals surface area (Å²) in [6.45, 7) is 1.73. The van der Waals surface area contributed by atoms with Crippen molar-refractivity contribution in [2.75, 3.05) is 5.33 Å². The van der Waals surface area contributed by atoms with Gasteiger partial charge in [-0.1, -0.05) is 46.3 Å². The minimum absolute atomic E-state index is 0.117. The summed E-state index contributed by atoms with van der Waals surface area (Å²) in [7, 11) is 0. The van der Waals surface area contributed by atoms with Crippen LogP contribution in [0.2, 0.25) is 0 Å². The summed E-state index contributed by atoms with van der Waals surface area (Å²) in [4.78, 5) is 12.3. The normalized spacial score (nSPS) is 11.9. The van der Waals surface area contributed by atoms with Crippen molar-refractivity contribution in [3.05, 3.63) is 71.0 Å². The van der Waals surface area contributed by atoms with Crippen LogP contribution >= 0.6 is 15.9 Å². The summed E-state index contributed by atoms with van der Waals surface area (Å²) in [5, 5.41) is 3.57. The number of amides is 1. The van der Waals surface area contributed by atoms with Crippen molar-refractivity contribution in [1.82, 2.24) is 5.32 Å². The van der Waals surface area contributed by atoms with Crippen molar-refractivity contribution in [2.24, 2.45) is 0 Å². The van der Waals surface area contributed by atoms with Gasteiger partial charge in [-0.2, -0.15) is 0 Å². The fourth-order valence-corrected chi connectivity index (χ4v) is 2.55. The number of hydrogen-bond donors (Lipinski definition) is 1. The van der Waals surface area contributed by atoms with E-state index in [0.29, 0.717) is 16.5 Å². The molecule has 2 nitrogen and oxygen atoms in total. The quantitative estimate of drug-likeness (QED) is 0.840. The molecular formula is C16H15BrFNO. The van der Waals surface area contributed by atoms with E-state index >= 15 is 0 Å². The predicted octanol–water partition coefficient (Wildman–Crippen LogP) is 4.00. The van der Waals surface area contributed by atoms with Gasteiger partial charge in [-0.25, -0.2) is 4.39 Å². The average molecular weight is 336 g/mol. The number of alkyl halides is 1. The molecule has 1 amide bonds. The molecule has 0 aliphatic carbocycles. The maximum atomic E-state index is 13.1. The lowest BCUT2D eigenvalue weighted by Crippen LogP contribution is -2.30. The zero-order chi connectivity index (χ0) is 14.5. The molecule has 0 heterocycles.